The molecule has 0 saturated carbocycles. The first-order chi connectivity index (χ1) is 9.60. The number of benzene rings is 2. The third-order valence-corrected chi connectivity index (χ3v) is 3.20. The quantitative estimate of drug-likeness (QED) is 0.617. The van der Waals surface area contributed by atoms with Crippen LogP contribution in [0.5, 0.6) is 0 Å². The van der Waals surface area contributed by atoms with Crippen LogP contribution in [-0.2, 0) is 11.2 Å². The highest BCUT2D eigenvalue weighted by Gasteiger charge is 2.08. The van der Waals surface area contributed by atoms with Crippen molar-refractivity contribution in [1.29, 1.82) is 0 Å². The van der Waals surface area contributed by atoms with Gasteiger partial charge in [-0.1, -0.05) is 29.8 Å². The molecule has 1 amide bonds. The van der Waals surface area contributed by atoms with Crippen molar-refractivity contribution in [2.24, 2.45) is 0 Å². The molecule has 0 radical (unpaired) electrons. The number of carbonyl (C=O) groups is 2. The van der Waals surface area contributed by atoms with Crippen molar-refractivity contribution < 1.29 is 9.59 Å². The van der Waals surface area contributed by atoms with E-state index in [1.807, 2.05) is 31.2 Å². The van der Waals surface area contributed by atoms with Crippen LogP contribution in [0.3, 0.4) is 0 Å². The molecule has 0 aliphatic rings. The van der Waals surface area contributed by atoms with E-state index in [9.17, 15) is 9.59 Å². The van der Waals surface area contributed by atoms with Gasteiger partial charge in [0.1, 0.15) is 0 Å². The third-order valence-electron chi connectivity index (χ3n) is 3.20. The molecule has 0 fully saturated rings. The summed E-state index contributed by atoms with van der Waals surface area (Å²) < 4.78 is 0. The van der Waals surface area contributed by atoms with Crippen LogP contribution in [0.2, 0.25) is 0 Å². The number of hydrogen-bond acceptors (Lipinski definition) is 2. The molecule has 2 aromatic rings. The average Bonchev–Trinajstić information content (AvgIpc) is 2.46. The van der Waals surface area contributed by atoms with Crippen LogP contribution in [0.15, 0.2) is 48.5 Å². The summed E-state index contributed by atoms with van der Waals surface area (Å²) in [4.78, 5) is 24.3. The largest absolute Gasteiger partial charge is 0.318 e. The Bertz CT molecular complexity index is 617. The standard InChI is InChI=1S/C17H17NO2/c1-13-4-3-5-14(10-13)11-17(20)15-6-8-16(9-7-15)18(2)12-19/h3-10,12H,11H2,1-2H3. The van der Waals surface area contributed by atoms with E-state index in [1.54, 1.807) is 31.3 Å². The van der Waals surface area contributed by atoms with E-state index < -0.39 is 0 Å². The highest BCUT2D eigenvalue weighted by atomic mass is 16.1. The molecular formula is C17H17NO2. The summed E-state index contributed by atoms with van der Waals surface area (Å²) >= 11 is 0. The molecule has 0 N–H and O–H groups in total. The van der Waals surface area contributed by atoms with Gasteiger partial charge in [-0.3, -0.25) is 9.59 Å². The fraction of sp³-hybridized carbons (Fsp3) is 0.176. The molecule has 3 heteroatoms. The predicted octanol–water partition coefficient (Wildman–Crippen LogP) is 3.01. The van der Waals surface area contributed by atoms with Crippen molar-refractivity contribution in [3.05, 3.63) is 65.2 Å². The number of amides is 1. The van der Waals surface area contributed by atoms with Gasteiger partial charge in [-0.15, -0.1) is 0 Å². The number of carbonyl (C=O) groups excluding carboxylic acids is 2. The van der Waals surface area contributed by atoms with Gasteiger partial charge in [-0.2, -0.15) is 0 Å². The molecule has 0 aromatic heterocycles. The molecule has 20 heavy (non-hydrogen) atoms. The van der Waals surface area contributed by atoms with Gasteiger partial charge in [0.25, 0.3) is 0 Å². The summed E-state index contributed by atoms with van der Waals surface area (Å²) in [6.45, 7) is 2.01. The lowest BCUT2D eigenvalue weighted by Gasteiger charge is -2.10. The van der Waals surface area contributed by atoms with E-state index in [1.165, 1.54) is 4.90 Å². The molecule has 2 aromatic carbocycles. The maximum absolute atomic E-state index is 12.2. The second kappa shape index (κ2) is 6.15. The van der Waals surface area contributed by atoms with Gasteiger partial charge < -0.3 is 4.90 Å². The van der Waals surface area contributed by atoms with Crippen LogP contribution in [0.4, 0.5) is 5.69 Å². The SMILES string of the molecule is Cc1cccc(CC(=O)c2ccc(N(C)C=O)cc2)c1. The zero-order chi connectivity index (χ0) is 14.5. The summed E-state index contributed by atoms with van der Waals surface area (Å²) in [6, 6.07) is 15.0. The lowest BCUT2D eigenvalue weighted by molar-refractivity contribution is -0.107. The molecule has 0 spiro atoms. The number of nitrogens with zero attached hydrogens (tertiary/aromatic N) is 1. The van der Waals surface area contributed by atoms with Crippen LogP contribution in [-0.4, -0.2) is 19.2 Å². The highest BCUT2D eigenvalue weighted by Crippen LogP contribution is 2.15. The smallest absolute Gasteiger partial charge is 0.213 e. The van der Waals surface area contributed by atoms with Crippen LogP contribution in [0.25, 0.3) is 0 Å². The summed E-state index contributed by atoms with van der Waals surface area (Å²) in [5.41, 5.74) is 3.60. The van der Waals surface area contributed by atoms with Crippen LogP contribution >= 0.6 is 0 Å². The molecule has 0 aliphatic heterocycles. The summed E-state index contributed by atoms with van der Waals surface area (Å²) in [6.07, 6.45) is 1.13. The van der Waals surface area contributed by atoms with E-state index in [0.717, 1.165) is 23.2 Å². The van der Waals surface area contributed by atoms with Gasteiger partial charge in [0.05, 0.1) is 0 Å². The van der Waals surface area contributed by atoms with Crippen molar-refractivity contribution in [3.8, 4) is 0 Å². The monoisotopic (exact) mass is 267 g/mol. The van der Waals surface area contributed by atoms with E-state index in [0.29, 0.717) is 12.0 Å². The Morgan fingerprint density at radius 1 is 1.15 bits per heavy atom. The van der Waals surface area contributed by atoms with Gasteiger partial charge in [-0.05, 0) is 36.8 Å². The lowest BCUT2D eigenvalue weighted by atomic mass is 10.0. The van der Waals surface area contributed by atoms with E-state index >= 15 is 0 Å². The Hall–Kier alpha value is -2.42. The van der Waals surface area contributed by atoms with E-state index in [4.69, 9.17) is 0 Å². The molecule has 0 atom stereocenters. The predicted molar refractivity (Wildman–Crippen MR) is 80.1 cm³/mol. The first kappa shape index (κ1) is 14.0. The summed E-state index contributed by atoms with van der Waals surface area (Å²) in [5.74, 6) is 0.0795. The van der Waals surface area contributed by atoms with Crippen molar-refractivity contribution in [2.75, 3.05) is 11.9 Å². The van der Waals surface area contributed by atoms with Crippen LogP contribution in [0, 0.1) is 6.92 Å². The molecule has 3 nitrogen and oxygen atoms in total. The van der Waals surface area contributed by atoms with Gasteiger partial charge in [0.15, 0.2) is 5.78 Å². The Morgan fingerprint density at radius 2 is 1.85 bits per heavy atom. The fourth-order valence-electron chi connectivity index (χ4n) is 2.05. The van der Waals surface area contributed by atoms with Gasteiger partial charge in [0.2, 0.25) is 6.41 Å². The molecule has 102 valence electrons. The van der Waals surface area contributed by atoms with Gasteiger partial charge in [-0.25, -0.2) is 0 Å². The summed E-state index contributed by atoms with van der Waals surface area (Å²) in [5, 5.41) is 0. The highest BCUT2D eigenvalue weighted by molar-refractivity contribution is 5.98. The Kier molecular flexibility index (Phi) is 4.31. The molecule has 0 bridgehead atoms. The molecule has 0 unspecified atom stereocenters. The Morgan fingerprint density at radius 3 is 2.45 bits per heavy atom. The van der Waals surface area contributed by atoms with Crippen molar-refractivity contribution in [1.82, 2.24) is 0 Å². The van der Waals surface area contributed by atoms with Crippen LogP contribution < -0.4 is 4.90 Å². The first-order valence-corrected chi connectivity index (χ1v) is 6.47. The Balaban J connectivity index is 2.11. The minimum absolute atomic E-state index is 0.0795. The van der Waals surface area contributed by atoms with Gasteiger partial charge in [0, 0.05) is 24.7 Å². The minimum atomic E-state index is 0.0795. The number of rotatable bonds is 5. The van der Waals surface area contributed by atoms with E-state index in [-0.39, 0.29) is 5.78 Å². The van der Waals surface area contributed by atoms with Crippen molar-refractivity contribution >= 4 is 17.9 Å². The third kappa shape index (κ3) is 3.32. The number of ketones is 1. The molecule has 0 saturated heterocycles. The maximum atomic E-state index is 12.2. The number of anilines is 1. The van der Waals surface area contributed by atoms with Crippen molar-refractivity contribution in [3.63, 3.8) is 0 Å². The zero-order valence-corrected chi connectivity index (χ0v) is 11.7. The van der Waals surface area contributed by atoms with Crippen molar-refractivity contribution in [2.45, 2.75) is 13.3 Å². The second-order valence-corrected chi connectivity index (χ2v) is 4.85. The van der Waals surface area contributed by atoms with E-state index in [2.05, 4.69) is 0 Å². The maximum Gasteiger partial charge on any atom is 0.213 e. The second-order valence-electron chi connectivity index (χ2n) is 4.85. The Labute approximate surface area is 118 Å². The molecule has 0 heterocycles. The molecule has 2 rings (SSSR count). The first-order valence-electron chi connectivity index (χ1n) is 6.47. The number of Topliss-reactive ketones (excluding diaryl/α,β-unsaturated/α-hetero) is 1. The molecular weight excluding hydrogens is 250 g/mol. The average molecular weight is 267 g/mol. The normalized spacial score (nSPS) is 10.1. The van der Waals surface area contributed by atoms with Crippen LogP contribution in [0.1, 0.15) is 21.5 Å². The summed E-state index contributed by atoms with van der Waals surface area (Å²) in [7, 11) is 1.68. The topological polar surface area (TPSA) is 37.4 Å². The molecule has 0 aliphatic carbocycles. The van der Waals surface area contributed by atoms with Gasteiger partial charge >= 0.3 is 0 Å². The fourth-order valence-corrected chi connectivity index (χ4v) is 2.05. The minimum Gasteiger partial charge on any atom is -0.318 e. The lowest BCUT2D eigenvalue weighted by Crippen LogP contribution is -2.13. The number of hydrogen-bond donors (Lipinski definition) is 0. The zero-order valence-electron chi connectivity index (χ0n) is 11.7. The number of aryl methyl sites for hydroxylation is 1.